The first kappa shape index (κ1) is 16.5. The molecule has 1 aromatic carbocycles. The summed E-state index contributed by atoms with van der Waals surface area (Å²) in [6.07, 6.45) is 3.43. The number of ether oxygens (including phenoxy) is 1. The molecule has 1 fully saturated rings. The molecule has 0 bridgehead atoms. The van der Waals surface area contributed by atoms with Crippen LogP contribution in [0.1, 0.15) is 23.0 Å². The highest BCUT2D eigenvalue weighted by Gasteiger charge is 2.23. The van der Waals surface area contributed by atoms with E-state index >= 15 is 0 Å². The van der Waals surface area contributed by atoms with Crippen LogP contribution >= 0.6 is 0 Å². The molecule has 24 heavy (non-hydrogen) atoms. The van der Waals surface area contributed by atoms with Gasteiger partial charge in [-0.05, 0) is 24.6 Å². The fourth-order valence-corrected chi connectivity index (χ4v) is 2.91. The van der Waals surface area contributed by atoms with Gasteiger partial charge in [-0.15, -0.1) is 0 Å². The third-order valence-electron chi connectivity index (χ3n) is 4.22. The molecule has 1 aromatic heterocycles. The average Bonchev–Trinajstić information content (AvgIpc) is 3.03. The van der Waals surface area contributed by atoms with Crippen molar-refractivity contribution in [3.63, 3.8) is 0 Å². The van der Waals surface area contributed by atoms with Crippen molar-refractivity contribution in [2.45, 2.75) is 13.5 Å². The molecule has 0 unspecified atom stereocenters. The molecule has 0 atom stereocenters. The van der Waals surface area contributed by atoms with Crippen LogP contribution in [0, 0.1) is 0 Å². The fourth-order valence-electron chi connectivity index (χ4n) is 2.91. The van der Waals surface area contributed by atoms with Crippen molar-refractivity contribution >= 4 is 5.91 Å². The minimum Gasteiger partial charge on any atom is -0.494 e. The molecule has 0 saturated carbocycles. The maximum absolute atomic E-state index is 12.4. The molecule has 0 aliphatic carbocycles. The van der Waals surface area contributed by atoms with E-state index in [1.54, 1.807) is 17.1 Å². The van der Waals surface area contributed by atoms with Crippen molar-refractivity contribution in [2.24, 2.45) is 7.05 Å². The number of imidazole rings is 1. The Morgan fingerprint density at radius 2 is 1.88 bits per heavy atom. The van der Waals surface area contributed by atoms with Crippen LogP contribution in [0.3, 0.4) is 0 Å². The van der Waals surface area contributed by atoms with Crippen LogP contribution in [0.25, 0.3) is 0 Å². The van der Waals surface area contributed by atoms with Crippen LogP contribution in [0.4, 0.5) is 0 Å². The summed E-state index contributed by atoms with van der Waals surface area (Å²) >= 11 is 0. The number of carbonyl (C=O) groups is 1. The van der Waals surface area contributed by atoms with Gasteiger partial charge in [-0.2, -0.15) is 0 Å². The second kappa shape index (κ2) is 7.49. The van der Waals surface area contributed by atoms with Gasteiger partial charge in [0.05, 0.1) is 12.9 Å². The van der Waals surface area contributed by atoms with Crippen LogP contribution in [0.5, 0.6) is 5.75 Å². The van der Waals surface area contributed by atoms with Gasteiger partial charge in [0.1, 0.15) is 11.4 Å². The SMILES string of the molecule is CCOc1ccc(CN2CCN(C(=O)c3cn(C)cn3)CC2)cc1. The number of benzene rings is 1. The fraction of sp³-hybridized carbons (Fsp3) is 0.444. The zero-order valence-corrected chi connectivity index (χ0v) is 14.3. The normalized spacial score (nSPS) is 15.5. The molecule has 1 aliphatic rings. The zero-order valence-electron chi connectivity index (χ0n) is 14.3. The monoisotopic (exact) mass is 328 g/mol. The number of carbonyl (C=O) groups excluding carboxylic acids is 1. The smallest absolute Gasteiger partial charge is 0.274 e. The number of piperazine rings is 1. The summed E-state index contributed by atoms with van der Waals surface area (Å²) in [6, 6.07) is 8.24. The molecule has 1 saturated heterocycles. The van der Waals surface area contributed by atoms with Crippen molar-refractivity contribution in [2.75, 3.05) is 32.8 Å². The standard InChI is InChI=1S/C18H24N4O2/c1-3-24-16-6-4-15(5-7-16)12-21-8-10-22(11-9-21)18(23)17-13-20(2)14-19-17/h4-7,13-14H,3,8-12H2,1-2H3. The van der Waals surface area contributed by atoms with Crippen molar-refractivity contribution < 1.29 is 9.53 Å². The van der Waals surface area contributed by atoms with Crippen LogP contribution in [0.2, 0.25) is 0 Å². The Morgan fingerprint density at radius 3 is 2.46 bits per heavy atom. The summed E-state index contributed by atoms with van der Waals surface area (Å²) in [5.74, 6) is 0.934. The number of rotatable bonds is 5. The quantitative estimate of drug-likeness (QED) is 0.839. The van der Waals surface area contributed by atoms with Gasteiger partial charge in [-0.25, -0.2) is 4.98 Å². The zero-order chi connectivity index (χ0) is 16.9. The Hall–Kier alpha value is -2.34. The lowest BCUT2D eigenvalue weighted by atomic mass is 10.2. The number of amides is 1. The third-order valence-corrected chi connectivity index (χ3v) is 4.22. The predicted molar refractivity (Wildman–Crippen MR) is 92.0 cm³/mol. The first-order valence-corrected chi connectivity index (χ1v) is 8.37. The molecule has 0 spiro atoms. The molecule has 1 aliphatic heterocycles. The highest BCUT2D eigenvalue weighted by atomic mass is 16.5. The van der Waals surface area contributed by atoms with E-state index in [1.165, 1.54) is 5.56 Å². The van der Waals surface area contributed by atoms with E-state index in [0.29, 0.717) is 12.3 Å². The van der Waals surface area contributed by atoms with Crippen molar-refractivity contribution in [1.29, 1.82) is 0 Å². The van der Waals surface area contributed by atoms with Crippen molar-refractivity contribution in [3.8, 4) is 5.75 Å². The molecule has 0 N–H and O–H groups in total. The highest BCUT2D eigenvalue weighted by Crippen LogP contribution is 2.15. The Balaban J connectivity index is 1.50. The van der Waals surface area contributed by atoms with E-state index in [-0.39, 0.29) is 5.91 Å². The maximum atomic E-state index is 12.4. The van der Waals surface area contributed by atoms with Gasteiger partial charge in [0.2, 0.25) is 0 Å². The topological polar surface area (TPSA) is 50.6 Å². The molecule has 2 heterocycles. The van der Waals surface area contributed by atoms with Crippen LogP contribution in [-0.2, 0) is 13.6 Å². The van der Waals surface area contributed by atoms with Gasteiger partial charge in [-0.3, -0.25) is 9.69 Å². The second-order valence-electron chi connectivity index (χ2n) is 6.07. The van der Waals surface area contributed by atoms with Gasteiger partial charge in [0.15, 0.2) is 0 Å². The van der Waals surface area contributed by atoms with Gasteiger partial charge in [0.25, 0.3) is 5.91 Å². The summed E-state index contributed by atoms with van der Waals surface area (Å²) < 4.78 is 7.27. The summed E-state index contributed by atoms with van der Waals surface area (Å²) in [6.45, 7) is 6.82. The van der Waals surface area contributed by atoms with Gasteiger partial charge in [-0.1, -0.05) is 12.1 Å². The van der Waals surface area contributed by atoms with Crippen LogP contribution in [0.15, 0.2) is 36.8 Å². The molecule has 1 amide bonds. The minimum atomic E-state index is 0.0244. The third kappa shape index (κ3) is 3.94. The summed E-state index contributed by atoms with van der Waals surface area (Å²) in [5.41, 5.74) is 1.79. The maximum Gasteiger partial charge on any atom is 0.274 e. The number of hydrogen-bond donors (Lipinski definition) is 0. The van der Waals surface area contributed by atoms with Crippen LogP contribution in [-0.4, -0.2) is 58.0 Å². The lowest BCUT2D eigenvalue weighted by molar-refractivity contribution is 0.0623. The second-order valence-corrected chi connectivity index (χ2v) is 6.07. The number of aryl methyl sites for hydroxylation is 1. The molecule has 6 nitrogen and oxygen atoms in total. The van der Waals surface area contributed by atoms with Gasteiger partial charge >= 0.3 is 0 Å². The minimum absolute atomic E-state index is 0.0244. The summed E-state index contributed by atoms with van der Waals surface area (Å²) in [5, 5.41) is 0. The van der Waals surface area contributed by atoms with Gasteiger partial charge < -0.3 is 14.2 Å². The molecular formula is C18H24N4O2. The summed E-state index contributed by atoms with van der Waals surface area (Å²) in [4.78, 5) is 20.8. The molecular weight excluding hydrogens is 304 g/mol. The van der Waals surface area contributed by atoms with E-state index in [0.717, 1.165) is 38.5 Å². The lowest BCUT2D eigenvalue weighted by Gasteiger charge is -2.34. The largest absolute Gasteiger partial charge is 0.494 e. The summed E-state index contributed by atoms with van der Waals surface area (Å²) in [7, 11) is 1.87. The number of nitrogens with zero attached hydrogens (tertiary/aromatic N) is 4. The number of hydrogen-bond acceptors (Lipinski definition) is 4. The molecule has 128 valence electrons. The first-order valence-electron chi connectivity index (χ1n) is 8.37. The van der Waals surface area contributed by atoms with E-state index in [4.69, 9.17) is 4.74 Å². The molecule has 0 radical (unpaired) electrons. The molecule has 2 aromatic rings. The van der Waals surface area contributed by atoms with E-state index in [2.05, 4.69) is 22.0 Å². The van der Waals surface area contributed by atoms with Crippen LogP contribution < -0.4 is 4.74 Å². The molecule has 6 heteroatoms. The predicted octanol–water partition coefficient (Wildman–Crippen LogP) is 1.78. The molecule has 3 rings (SSSR count). The Kier molecular flexibility index (Phi) is 5.15. The first-order chi connectivity index (χ1) is 11.7. The Labute approximate surface area is 142 Å². The Morgan fingerprint density at radius 1 is 1.17 bits per heavy atom. The Bertz CT molecular complexity index is 673. The van der Waals surface area contributed by atoms with E-state index in [9.17, 15) is 4.79 Å². The van der Waals surface area contributed by atoms with E-state index < -0.39 is 0 Å². The van der Waals surface area contributed by atoms with Gasteiger partial charge in [0, 0.05) is 46.0 Å². The lowest BCUT2D eigenvalue weighted by Crippen LogP contribution is -2.48. The average molecular weight is 328 g/mol. The highest BCUT2D eigenvalue weighted by molar-refractivity contribution is 5.92. The van der Waals surface area contributed by atoms with Crippen molar-refractivity contribution in [1.82, 2.24) is 19.4 Å². The van der Waals surface area contributed by atoms with E-state index in [1.807, 2.05) is 31.0 Å². The number of aromatic nitrogens is 2. The van der Waals surface area contributed by atoms with Crippen molar-refractivity contribution in [3.05, 3.63) is 48.0 Å².